The van der Waals surface area contributed by atoms with Crippen molar-refractivity contribution < 1.29 is 0 Å². The van der Waals surface area contributed by atoms with E-state index in [9.17, 15) is 0 Å². The topological polar surface area (TPSA) is 55.0 Å². The van der Waals surface area contributed by atoms with Gasteiger partial charge in [-0.1, -0.05) is 19.8 Å². The number of aromatic nitrogens is 2. The molecule has 4 nitrogen and oxygen atoms in total. The van der Waals surface area contributed by atoms with Crippen molar-refractivity contribution in [1.29, 1.82) is 0 Å². The van der Waals surface area contributed by atoms with Gasteiger partial charge in [0.15, 0.2) is 0 Å². The molecule has 0 amide bonds. The summed E-state index contributed by atoms with van der Waals surface area (Å²) in [5, 5.41) is 0. The van der Waals surface area contributed by atoms with Crippen LogP contribution in [-0.4, -0.2) is 23.6 Å². The molecule has 1 aromatic rings. The van der Waals surface area contributed by atoms with E-state index < -0.39 is 0 Å². The maximum absolute atomic E-state index is 5.80. The van der Waals surface area contributed by atoms with Crippen LogP contribution in [0, 0.1) is 5.92 Å². The molecule has 0 aliphatic heterocycles. The minimum absolute atomic E-state index is 0.574. The summed E-state index contributed by atoms with van der Waals surface area (Å²) in [6, 6.07) is 1.87. The maximum atomic E-state index is 5.80. The molecule has 2 N–H and O–H groups in total. The van der Waals surface area contributed by atoms with E-state index >= 15 is 0 Å². The molecule has 94 valence electrons. The molecule has 4 heteroatoms. The summed E-state index contributed by atoms with van der Waals surface area (Å²) < 4.78 is 0. The Balaban J connectivity index is 2.06. The number of nitrogens with zero attached hydrogens (tertiary/aromatic N) is 3. The summed E-state index contributed by atoms with van der Waals surface area (Å²) in [7, 11) is 2.10. The van der Waals surface area contributed by atoms with Crippen molar-refractivity contribution in [3.63, 3.8) is 0 Å². The van der Waals surface area contributed by atoms with Gasteiger partial charge in [0.25, 0.3) is 0 Å². The highest BCUT2D eigenvalue weighted by Crippen LogP contribution is 2.26. The number of hydrogen-bond acceptors (Lipinski definition) is 4. The lowest BCUT2D eigenvalue weighted by Gasteiger charge is -2.22. The molecule has 0 spiro atoms. The third-order valence-corrected chi connectivity index (χ3v) is 3.49. The summed E-state index contributed by atoms with van der Waals surface area (Å²) in [6.07, 6.45) is 6.29. The number of rotatable bonds is 4. The molecule has 1 saturated carbocycles. The first-order valence-corrected chi connectivity index (χ1v) is 6.53. The van der Waals surface area contributed by atoms with Gasteiger partial charge in [0, 0.05) is 26.1 Å². The Hall–Kier alpha value is -1.32. The molecule has 1 heterocycles. The Kier molecular flexibility index (Phi) is 3.82. The lowest BCUT2D eigenvalue weighted by atomic mass is 10.1. The third-order valence-electron chi connectivity index (χ3n) is 3.49. The minimum Gasteiger partial charge on any atom is -0.384 e. The summed E-state index contributed by atoms with van der Waals surface area (Å²) in [5.74, 6) is 3.19. The summed E-state index contributed by atoms with van der Waals surface area (Å²) in [6.45, 7) is 3.13. The van der Waals surface area contributed by atoms with Crippen LogP contribution in [0.1, 0.15) is 38.4 Å². The molecule has 0 saturated heterocycles. The summed E-state index contributed by atoms with van der Waals surface area (Å²) >= 11 is 0. The quantitative estimate of drug-likeness (QED) is 0.868. The van der Waals surface area contributed by atoms with Crippen molar-refractivity contribution in [3.05, 3.63) is 11.9 Å². The maximum Gasteiger partial charge on any atom is 0.134 e. The Morgan fingerprint density at radius 3 is 2.71 bits per heavy atom. The Bertz CT molecular complexity index is 372. The van der Waals surface area contributed by atoms with Crippen LogP contribution >= 0.6 is 0 Å². The van der Waals surface area contributed by atoms with Crippen LogP contribution in [0.15, 0.2) is 6.07 Å². The van der Waals surface area contributed by atoms with Crippen LogP contribution in [0.2, 0.25) is 0 Å². The van der Waals surface area contributed by atoms with E-state index in [1.54, 1.807) is 0 Å². The van der Waals surface area contributed by atoms with Gasteiger partial charge < -0.3 is 10.6 Å². The van der Waals surface area contributed by atoms with Crippen LogP contribution in [0.3, 0.4) is 0 Å². The Morgan fingerprint density at radius 1 is 1.35 bits per heavy atom. The third kappa shape index (κ3) is 3.08. The molecule has 0 radical (unpaired) electrons. The molecule has 0 unspecified atom stereocenters. The molecule has 1 aliphatic carbocycles. The predicted molar refractivity (Wildman–Crippen MR) is 71.1 cm³/mol. The highest BCUT2D eigenvalue weighted by atomic mass is 15.2. The molecule has 0 atom stereocenters. The minimum atomic E-state index is 0.574. The van der Waals surface area contributed by atoms with E-state index in [2.05, 4.69) is 28.8 Å². The van der Waals surface area contributed by atoms with Gasteiger partial charge in [-0.2, -0.15) is 0 Å². The zero-order valence-corrected chi connectivity index (χ0v) is 10.8. The van der Waals surface area contributed by atoms with E-state index in [1.807, 2.05) is 6.07 Å². The van der Waals surface area contributed by atoms with Gasteiger partial charge in [-0.05, 0) is 18.8 Å². The smallest absolute Gasteiger partial charge is 0.134 e. The number of anilines is 2. The monoisotopic (exact) mass is 234 g/mol. The fourth-order valence-corrected chi connectivity index (χ4v) is 2.53. The van der Waals surface area contributed by atoms with Crippen molar-refractivity contribution in [2.45, 2.75) is 39.0 Å². The fraction of sp³-hybridized carbons (Fsp3) is 0.692. The molecule has 1 aromatic heterocycles. The van der Waals surface area contributed by atoms with Gasteiger partial charge in [-0.3, -0.25) is 0 Å². The second kappa shape index (κ2) is 5.34. The molecule has 17 heavy (non-hydrogen) atoms. The van der Waals surface area contributed by atoms with Crippen molar-refractivity contribution in [3.8, 4) is 0 Å². The largest absolute Gasteiger partial charge is 0.384 e. The summed E-state index contributed by atoms with van der Waals surface area (Å²) in [4.78, 5) is 11.0. The summed E-state index contributed by atoms with van der Waals surface area (Å²) in [5.41, 5.74) is 5.80. The molecule has 0 aromatic carbocycles. The first-order valence-electron chi connectivity index (χ1n) is 6.53. The van der Waals surface area contributed by atoms with Gasteiger partial charge in [0.05, 0.1) is 0 Å². The SMILES string of the molecule is CCc1nc(N)cc(N(C)CC2CCCC2)n1. The van der Waals surface area contributed by atoms with Crippen molar-refractivity contribution >= 4 is 11.6 Å². The highest BCUT2D eigenvalue weighted by Gasteiger charge is 2.17. The van der Waals surface area contributed by atoms with Crippen LogP contribution in [0.25, 0.3) is 0 Å². The Labute approximate surface area is 103 Å². The van der Waals surface area contributed by atoms with E-state index in [0.29, 0.717) is 5.82 Å². The fourth-order valence-electron chi connectivity index (χ4n) is 2.53. The standard InChI is InChI=1S/C13H22N4/c1-3-12-15-11(14)8-13(16-12)17(2)9-10-6-4-5-7-10/h8,10H,3-7,9H2,1-2H3,(H2,14,15,16). The van der Waals surface area contributed by atoms with E-state index in [1.165, 1.54) is 25.7 Å². The van der Waals surface area contributed by atoms with Gasteiger partial charge in [0.1, 0.15) is 17.5 Å². The first kappa shape index (κ1) is 12.1. The Morgan fingerprint density at radius 2 is 2.06 bits per heavy atom. The van der Waals surface area contributed by atoms with Crippen molar-refractivity contribution in [2.24, 2.45) is 5.92 Å². The molecule has 1 fully saturated rings. The second-order valence-electron chi connectivity index (χ2n) is 4.95. The number of hydrogen-bond donors (Lipinski definition) is 1. The number of aryl methyl sites for hydroxylation is 1. The number of nitrogens with two attached hydrogens (primary N) is 1. The van der Waals surface area contributed by atoms with Gasteiger partial charge >= 0.3 is 0 Å². The first-order chi connectivity index (χ1) is 8.19. The number of nitrogen functional groups attached to an aromatic ring is 1. The van der Waals surface area contributed by atoms with Crippen LogP contribution < -0.4 is 10.6 Å². The van der Waals surface area contributed by atoms with Gasteiger partial charge in [-0.15, -0.1) is 0 Å². The average molecular weight is 234 g/mol. The van der Waals surface area contributed by atoms with Gasteiger partial charge in [-0.25, -0.2) is 9.97 Å². The highest BCUT2D eigenvalue weighted by molar-refractivity contribution is 5.46. The van der Waals surface area contributed by atoms with Gasteiger partial charge in [0.2, 0.25) is 0 Å². The molecular formula is C13H22N4. The van der Waals surface area contributed by atoms with Crippen molar-refractivity contribution in [2.75, 3.05) is 24.2 Å². The molecule has 2 rings (SSSR count). The zero-order valence-electron chi connectivity index (χ0n) is 10.8. The van der Waals surface area contributed by atoms with E-state index in [0.717, 1.165) is 30.5 Å². The second-order valence-corrected chi connectivity index (χ2v) is 4.95. The lowest BCUT2D eigenvalue weighted by molar-refractivity contribution is 0.544. The van der Waals surface area contributed by atoms with E-state index in [4.69, 9.17) is 5.73 Å². The zero-order chi connectivity index (χ0) is 12.3. The predicted octanol–water partition coefficient (Wildman–Crippen LogP) is 2.25. The van der Waals surface area contributed by atoms with E-state index in [-0.39, 0.29) is 0 Å². The van der Waals surface area contributed by atoms with Crippen LogP contribution in [0.4, 0.5) is 11.6 Å². The van der Waals surface area contributed by atoms with Crippen LogP contribution in [-0.2, 0) is 6.42 Å². The van der Waals surface area contributed by atoms with Crippen molar-refractivity contribution in [1.82, 2.24) is 9.97 Å². The normalized spacial score (nSPS) is 16.4. The average Bonchev–Trinajstić information content (AvgIpc) is 2.81. The molecular weight excluding hydrogens is 212 g/mol. The molecule has 1 aliphatic rings. The molecule has 0 bridgehead atoms. The lowest BCUT2D eigenvalue weighted by Crippen LogP contribution is -2.25. The van der Waals surface area contributed by atoms with Crippen LogP contribution in [0.5, 0.6) is 0 Å².